The van der Waals surface area contributed by atoms with Gasteiger partial charge in [-0.25, -0.2) is 0 Å². The van der Waals surface area contributed by atoms with Crippen molar-refractivity contribution in [3.63, 3.8) is 0 Å². The fraction of sp³-hybridized carbons (Fsp3) is 0. The van der Waals surface area contributed by atoms with Crippen molar-refractivity contribution in [1.82, 2.24) is 0 Å². The smallest absolute Gasteiger partial charge is 0.177 e. The molecular weight excluding hydrogens is 625 g/mol. The van der Waals surface area contributed by atoms with Crippen molar-refractivity contribution in [2.45, 2.75) is 0 Å². The maximum Gasteiger partial charge on any atom is 0.177 e. The maximum absolute atomic E-state index is 6.57. The average molecular weight is 653 g/mol. The lowest BCUT2D eigenvalue weighted by Gasteiger charge is -2.23. The summed E-state index contributed by atoms with van der Waals surface area (Å²) in [6.07, 6.45) is 0. The van der Waals surface area contributed by atoms with Crippen molar-refractivity contribution < 1.29 is 13.9 Å². The minimum Gasteiger partial charge on any atom is -0.455 e. The molecule has 10 aromatic rings. The Bertz CT molecular complexity index is 3000. The molecule has 1 aliphatic heterocycles. The lowest BCUT2D eigenvalue weighted by Crippen LogP contribution is -2.00. The van der Waals surface area contributed by atoms with E-state index in [0.29, 0.717) is 23.0 Å². The van der Waals surface area contributed by atoms with Crippen LogP contribution in [0.15, 0.2) is 174 Å². The summed E-state index contributed by atoms with van der Waals surface area (Å²) < 4.78 is 19.5. The molecule has 0 saturated heterocycles. The third-order valence-corrected chi connectivity index (χ3v) is 10.3. The molecule has 9 aromatic carbocycles. The molecule has 2 heterocycles. The fourth-order valence-electron chi connectivity index (χ4n) is 7.94. The van der Waals surface area contributed by atoms with E-state index in [1.54, 1.807) is 0 Å². The van der Waals surface area contributed by atoms with Gasteiger partial charge in [0.15, 0.2) is 23.0 Å². The molecule has 11 rings (SSSR count). The molecule has 0 bridgehead atoms. The van der Waals surface area contributed by atoms with Gasteiger partial charge in [0.1, 0.15) is 11.2 Å². The number of rotatable bonds is 3. The van der Waals surface area contributed by atoms with Crippen molar-refractivity contribution >= 4 is 54.3 Å². The first-order valence-corrected chi connectivity index (χ1v) is 17.2. The zero-order chi connectivity index (χ0) is 33.5. The van der Waals surface area contributed by atoms with Gasteiger partial charge in [0.05, 0.1) is 0 Å². The van der Waals surface area contributed by atoms with Gasteiger partial charge in [-0.2, -0.15) is 0 Å². The molecule has 0 radical (unpaired) electrons. The molecule has 1 aliphatic rings. The Morgan fingerprint density at radius 3 is 1.59 bits per heavy atom. The molecule has 0 unspecified atom stereocenters. The number of furan rings is 1. The highest BCUT2D eigenvalue weighted by Gasteiger charge is 2.23. The van der Waals surface area contributed by atoms with Crippen LogP contribution in [0.3, 0.4) is 0 Å². The van der Waals surface area contributed by atoms with Gasteiger partial charge in [-0.05, 0) is 103 Å². The van der Waals surface area contributed by atoms with Gasteiger partial charge in [-0.1, -0.05) is 121 Å². The highest BCUT2D eigenvalue weighted by atomic mass is 16.6. The number of hydrogen-bond acceptors (Lipinski definition) is 3. The number of ether oxygens (including phenoxy) is 2. The molecule has 1 aromatic heterocycles. The highest BCUT2D eigenvalue weighted by Crippen LogP contribution is 2.50. The summed E-state index contributed by atoms with van der Waals surface area (Å²) in [5.41, 5.74) is 8.08. The van der Waals surface area contributed by atoms with Crippen LogP contribution in [-0.2, 0) is 0 Å². The van der Waals surface area contributed by atoms with E-state index < -0.39 is 0 Å². The van der Waals surface area contributed by atoms with E-state index in [0.717, 1.165) is 55.3 Å². The van der Waals surface area contributed by atoms with Crippen LogP contribution in [0.1, 0.15) is 0 Å². The second kappa shape index (κ2) is 10.8. The Morgan fingerprint density at radius 1 is 0.294 bits per heavy atom. The van der Waals surface area contributed by atoms with E-state index in [2.05, 4.69) is 121 Å². The minimum atomic E-state index is 0.696. The molecule has 0 aliphatic carbocycles. The van der Waals surface area contributed by atoms with Gasteiger partial charge in [0, 0.05) is 21.9 Å². The average Bonchev–Trinajstić information content (AvgIpc) is 3.58. The monoisotopic (exact) mass is 652 g/mol. The summed E-state index contributed by atoms with van der Waals surface area (Å²) in [6.45, 7) is 0. The van der Waals surface area contributed by atoms with Gasteiger partial charge in [0.25, 0.3) is 0 Å². The van der Waals surface area contributed by atoms with E-state index in [1.165, 1.54) is 32.3 Å². The third kappa shape index (κ3) is 4.32. The standard InChI is InChI=1S/C48H28O3/c1-2-13-37-35(11-1)36-12-3-4-14-38(36)42-28-29(23-24-39(37)42)30-25-31(33-16-9-18-41-40-15-5-6-19-43(40)50-47(33)41)27-32(26-30)34-17-10-22-46-48(34)51-45-21-8-7-20-44(45)49-46/h1-28H. The normalized spacial score (nSPS) is 12.2. The van der Waals surface area contributed by atoms with Crippen LogP contribution in [0, 0.1) is 0 Å². The summed E-state index contributed by atoms with van der Waals surface area (Å²) in [4.78, 5) is 0. The van der Waals surface area contributed by atoms with Gasteiger partial charge in [-0.3, -0.25) is 0 Å². The highest BCUT2D eigenvalue weighted by molar-refractivity contribution is 6.25. The minimum absolute atomic E-state index is 0.696. The summed E-state index contributed by atoms with van der Waals surface area (Å²) in [5, 5.41) is 9.74. The molecule has 51 heavy (non-hydrogen) atoms. The summed E-state index contributed by atoms with van der Waals surface area (Å²) in [6, 6.07) is 59.7. The molecular formula is C48H28O3. The largest absolute Gasteiger partial charge is 0.455 e. The Morgan fingerprint density at radius 2 is 0.824 bits per heavy atom. The van der Waals surface area contributed by atoms with E-state index >= 15 is 0 Å². The molecule has 0 spiro atoms. The second-order valence-electron chi connectivity index (χ2n) is 13.2. The van der Waals surface area contributed by atoms with Gasteiger partial charge in [-0.15, -0.1) is 0 Å². The maximum atomic E-state index is 6.57. The molecule has 0 N–H and O–H groups in total. The fourth-order valence-corrected chi connectivity index (χ4v) is 7.94. The number of fused-ring (bicyclic) bond motifs is 11. The SMILES string of the molecule is c1ccc2c(c1)Oc1cccc(-c3cc(-c4ccc5c6ccccc6c6ccccc6c5c4)cc(-c4cccc5c4oc4ccccc45)c3)c1O2. The van der Waals surface area contributed by atoms with Crippen LogP contribution in [0.5, 0.6) is 23.0 Å². The van der Waals surface area contributed by atoms with E-state index in [1.807, 2.05) is 48.5 Å². The zero-order valence-electron chi connectivity index (χ0n) is 27.4. The quantitative estimate of drug-likeness (QED) is 0.178. The van der Waals surface area contributed by atoms with Crippen LogP contribution in [-0.4, -0.2) is 0 Å². The number of para-hydroxylation sites is 5. The van der Waals surface area contributed by atoms with Gasteiger partial charge >= 0.3 is 0 Å². The topological polar surface area (TPSA) is 31.6 Å². The Kier molecular flexibility index (Phi) is 5.96. The molecule has 3 heteroatoms. The Balaban J connectivity index is 1.18. The second-order valence-corrected chi connectivity index (χ2v) is 13.2. The molecule has 0 amide bonds. The Labute approximate surface area is 293 Å². The van der Waals surface area contributed by atoms with Crippen LogP contribution in [0.25, 0.3) is 87.6 Å². The predicted octanol–water partition coefficient (Wildman–Crippen LogP) is 13.9. The Hall–Kier alpha value is -6.84. The van der Waals surface area contributed by atoms with Crippen molar-refractivity contribution in [2.75, 3.05) is 0 Å². The van der Waals surface area contributed by atoms with Crippen molar-refractivity contribution in [3.8, 4) is 56.4 Å². The molecule has 238 valence electrons. The number of benzene rings is 9. The molecule has 3 nitrogen and oxygen atoms in total. The molecule has 0 fully saturated rings. The van der Waals surface area contributed by atoms with Crippen molar-refractivity contribution in [3.05, 3.63) is 170 Å². The van der Waals surface area contributed by atoms with Crippen LogP contribution >= 0.6 is 0 Å². The first kappa shape index (κ1) is 28.0. The number of hydrogen-bond donors (Lipinski definition) is 0. The van der Waals surface area contributed by atoms with Crippen LogP contribution < -0.4 is 9.47 Å². The van der Waals surface area contributed by atoms with E-state index in [9.17, 15) is 0 Å². The van der Waals surface area contributed by atoms with Crippen LogP contribution in [0.2, 0.25) is 0 Å². The predicted molar refractivity (Wildman–Crippen MR) is 209 cm³/mol. The molecule has 0 atom stereocenters. The van der Waals surface area contributed by atoms with Crippen molar-refractivity contribution in [2.24, 2.45) is 0 Å². The summed E-state index contributed by atoms with van der Waals surface area (Å²) in [5.74, 6) is 2.82. The third-order valence-electron chi connectivity index (χ3n) is 10.3. The zero-order valence-corrected chi connectivity index (χ0v) is 27.4. The van der Waals surface area contributed by atoms with Gasteiger partial charge < -0.3 is 13.9 Å². The van der Waals surface area contributed by atoms with Crippen LogP contribution in [0.4, 0.5) is 0 Å². The van der Waals surface area contributed by atoms with E-state index in [4.69, 9.17) is 13.9 Å². The summed E-state index contributed by atoms with van der Waals surface area (Å²) >= 11 is 0. The summed E-state index contributed by atoms with van der Waals surface area (Å²) in [7, 11) is 0. The first-order chi connectivity index (χ1) is 25.3. The first-order valence-electron chi connectivity index (χ1n) is 17.2. The van der Waals surface area contributed by atoms with E-state index in [-0.39, 0.29) is 0 Å². The van der Waals surface area contributed by atoms with Crippen molar-refractivity contribution in [1.29, 1.82) is 0 Å². The lowest BCUT2D eigenvalue weighted by molar-refractivity contribution is 0.361. The lowest BCUT2D eigenvalue weighted by atomic mass is 9.89. The molecule has 0 saturated carbocycles. The van der Waals surface area contributed by atoms with Gasteiger partial charge in [0.2, 0.25) is 0 Å².